The molecule has 0 spiro atoms. The highest BCUT2D eigenvalue weighted by molar-refractivity contribution is 7.99. The summed E-state index contributed by atoms with van der Waals surface area (Å²) in [5.41, 5.74) is 1.49. The summed E-state index contributed by atoms with van der Waals surface area (Å²) >= 11 is 3.44. The van der Waals surface area contributed by atoms with Crippen molar-refractivity contribution in [3.63, 3.8) is 0 Å². The number of carbonyl (C=O) groups excluding carboxylic acids is 1. The number of ether oxygens (including phenoxy) is 2. The molecule has 158 valence electrons. The Morgan fingerprint density at radius 1 is 1.32 bits per heavy atom. The Morgan fingerprint density at radius 3 is 2.82 bits per heavy atom. The predicted molar refractivity (Wildman–Crippen MR) is 120 cm³/mol. The highest BCUT2D eigenvalue weighted by Crippen LogP contribution is 2.23. The van der Waals surface area contributed by atoms with Crippen molar-refractivity contribution in [1.29, 1.82) is 0 Å². The third-order valence-electron chi connectivity index (χ3n) is 5.12. The van der Waals surface area contributed by atoms with Gasteiger partial charge in [0, 0.05) is 35.1 Å². The molecule has 1 fully saturated rings. The number of carbonyl (C=O) groups is 1. The van der Waals surface area contributed by atoms with Gasteiger partial charge in [-0.3, -0.25) is 4.79 Å². The Labute approximate surface area is 178 Å². The monoisotopic (exact) mass is 425 g/mol. The topological polar surface area (TPSA) is 47.6 Å². The molecule has 1 aromatic carbocycles. The molecule has 4 nitrogen and oxygen atoms in total. The highest BCUT2D eigenvalue weighted by atomic mass is 32.2. The lowest BCUT2D eigenvalue weighted by molar-refractivity contribution is -0.147. The summed E-state index contributed by atoms with van der Waals surface area (Å²) in [7, 11) is 0. The minimum atomic E-state index is -0.0573. The summed E-state index contributed by atoms with van der Waals surface area (Å²) in [4.78, 5) is 13.2. The quantitative estimate of drug-likeness (QED) is 0.340. The van der Waals surface area contributed by atoms with Crippen LogP contribution in [0.5, 0.6) is 0 Å². The van der Waals surface area contributed by atoms with E-state index in [-0.39, 0.29) is 17.4 Å². The Bertz CT molecular complexity index is 572. The summed E-state index contributed by atoms with van der Waals surface area (Å²) in [6.07, 6.45) is 6.13. The van der Waals surface area contributed by atoms with Crippen molar-refractivity contribution in [2.45, 2.75) is 50.0 Å². The van der Waals surface area contributed by atoms with E-state index in [2.05, 4.69) is 36.5 Å². The lowest BCUT2D eigenvalue weighted by atomic mass is 9.88. The molecule has 0 aromatic heterocycles. The summed E-state index contributed by atoms with van der Waals surface area (Å²) in [6.45, 7) is 7.41. The Balaban J connectivity index is 1.74. The van der Waals surface area contributed by atoms with E-state index in [1.165, 1.54) is 10.5 Å². The molecule has 1 N–H and O–H groups in total. The predicted octanol–water partition coefficient (Wildman–Crippen LogP) is 4.41. The van der Waals surface area contributed by atoms with Crippen LogP contribution in [0.25, 0.3) is 0 Å². The molecule has 1 aromatic rings. The van der Waals surface area contributed by atoms with E-state index in [0.29, 0.717) is 6.61 Å². The Morgan fingerprint density at radius 2 is 2.11 bits per heavy atom. The molecule has 2 atom stereocenters. The van der Waals surface area contributed by atoms with Gasteiger partial charge in [0.15, 0.2) is 0 Å². The zero-order valence-electron chi connectivity index (χ0n) is 17.5. The molecule has 28 heavy (non-hydrogen) atoms. The standard InChI is InChI=1S/C22H35NO3S2/c1-4-19(17-27-3)21(24)26-14-15-28-20-8-6-18(7-9-20)16-22(2)10-5-12-25-13-11-23-22/h6-9,19,23H,4-5,10-17H2,1-3H3. The second-order valence-corrected chi connectivity index (χ2v) is 9.68. The van der Waals surface area contributed by atoms with Gasteiger partial charge in [0.25, 0.3) is 0 Å². The van der Waals surface area contributed by atoms with Crippen molar-refractivity contribution in [1.82, 2.24) is 5.32 Å². The van der Waals surface area contributed by atoms with E-state index >= 15 is 0 Å². The van der Waals surface area contributed by atoms with Gasteiger partial charge in [-0.25, -0.2) is 0 Å². The number of thioether (sulfide) groups is 2. The minimum Gasteiger partial charge on any atom is -0.465 e. The van der Waals surface area contributed by atoms with Crippen molar-refractivity contribution >= 4 is 29.5 Å². The molecule has 0 radical (unpaired) electrons. The van der Waals surface area contributed by atoms with Gasteiger partial charge < -0.3 is 14.8 Å². The van der Waals surface area contributed by atoms with Crippen LogP contribution in [0.15, 0.2) is 29.2 Å². The Hall–Kier alpha value is -0.690. The fraction of sp³-hybridized carbons (Fsp3) is 0.682. The summed E-state index contributed by atoms with van der Waals surface area (Å²) < 4.78 is 11.0. The van der Waals surface area contributed by atoms with Gasteiger partial charge in [-0.15, -0.1) is 11.8 Å². The van der Waals surface area contributed by atoms with Crippen LogP contribution < -0.4 is 5.32 Å². The molecule has 1 aliphatic heterocycles. The first-order valence-corrected chi connectivity index (χ1v) is 12.6. The van der Waals surface area contributed by atoms with E-state index in [1.807, 2.05) is 13.2 Å². The van der Waals surface area contributed by atoms with E-state index in [0.717, 1.165) is 56.9 Å². The van der Waals surface area contributed by atoms with Crippen molar-refractivity contribution in [3.8, 4) is 0 Å². The summed E-state index contributed by atoms with van der Waals surface area (Å²) in [6, 6.07) is 8.81. The maximum atomic E-state index is 12.0. The highest BCUT2D eigenvalue weighted by Gasteiger charge is 2.24. The van der Waals surface area contributed by atoms with Crippen LogP contribution in [0.4, 0.5) is 0 Å². The van der Waals surface area contributed by atoms with Gasteiger partial charge in [0.2, 0.25) is 0 Å². The van der Waals surface area contributed by atoms with Gasteiger partial charge in [0.1, 0.15) is 6.61 Å². The first-order chi connectivity index (χ1) is 13.6. The number of nitrogens with one attached hydrogen (secondary N) is 1. The van der Waals surface area contributed by atoms with Crippen LogP contribution >= 0.6 is 23.5 Å². The van der Waals surface area contributed by atoms with Gasteiger partial charge in [-0.05, 0) is 56.6 Å². The number of rotatable bonds is 10. The first kappa shape index (κ1) is 23.6. The maximum Gasteiger partial charge on any atom is 0.309 e. The normalized spacial score (nSPS) is 21.5. The second kappa shape index (κ2) is 12.8. The van der Waals surface area contributed by atoms with Crippen molar-refractivity contribution in [3.05, 3.63) is 29.8 Å². The fourth-order valence-corrected chi connectivity index (χ4v) is 4.96. The van der Waals surface area contributed by atoms with Gasteiger partial charge in [-0.2, -0.15) is 11.8 Å². The molecule has 6 heteroatoms. The Kier molecular flexibility index (Phi) is 10.8. The molecule has 0 aliphatic carbocycles. The number of esters is 1. The van der Waals surface area contributed by atoms with Crippen LogP contribution in [0.1, 0.15) is 38.7 Å². The van der Waals surface area contributed by atoms with Crippen LogP contribution in [0.2, 0.25) is 0 Å². The summed E-state index contributed by atoms with van der Waals surface area (Å²) in [5, 5.41) is 3.66. The number of hydrogen-bond donors (Lipinski definition) is 1. The van der Waals surface area contributed by atoms with Crippen LogP contribution in [-0.4, -0.2) is 55.6 Å². The minimum absolute atomic E-state index is 0.0223. The smallest absolute Gasteiger partial charge is 0.309 e. The fourth-order valence-electron chi connectivity index (χ4n) is 3.46. The first-order valence-electron chi connectivity index (χ1n) is 10.3. The molecule has 0 bridgehead atoms. The molecule has 1 heterocycles. The average molecular weight is 426 g/mol. The van der Waals surface area contributed by atoms with E-state index in [1.54, 1.807) is 23.5 Å². The zero-order chi connectivity index (χ0) is 20.2. The van der Waals surface area contributed by atoms with Gasteiger partial charge >= 0.3 is 5.97 Å². The maximum absolute atomic E-state index is 12.0. The molecular weight excluding hydrogens is 390 g/mol. The largest absolute Gasteiger partial charge is 0.465 e. The SMILES string of the molecule is CCC(CSC)C(=O)OCCSc1ccc(CC2(C)CCCOCCN2)cc1. The lowest BCUT2D eigenvalue weighted by Gasteiger charge is -2.33. The van der Waals surface area contributed by atoms with E-state index in [9.17, 15) is 4.79 Å². The van der Waals surface area contributed by atoms with Crippen molar-refractivity contribution < 1.29 is 14.3 Å². The van der Waals surface area contributed by atoms with Crippen LogP contribution in [0.3, 0.4) is 0 Å². The van der Waals surface area contributed by atoms with Crippen LogP contribution in [0, 0.1) is 5.92 Å². The van der Waals surface area contributed by atoms with Gasteiger partial charge in [0.05, 0.1) is 12.5 Å². The molecule has 2 rings (SSSR count). The summed E-state index contributed by atoms with van der Waals surface area (Å²) in [5.74, 6) is 1.59. The number of benzene rings is 1. The molecule has 1 aliphatic rings. The molecule has 0 saturated carbocycles. The van der Waals surface area contributed by atoms with Crippen molar-refractivity contribution in [2.75, 3.05) is 44.1 Å². The molecular formula is C22H35NO3S2. The lowest BCUT2D eigenvalue weighted by Crippen LogP contribution is -2.47. The van der Waals surface area contributed by atoms with Gasteiger partial charge in [-0.1, -0.05) is 19.1 Å². The average Bonchev–Trinajstić information content (AvgIpc) is 2.68. The number of hydrogen-bond acceptors (Lipinski definition) is 6. The third-order valence-corrected chi connectivity index (χ3v) is 6.84. The van der Waals surface area contributed by atoms with Crippen molar-refractivity contribution in [2.24, 2.45) is 5.92 Å². The zero-order valence-corrected chi connectivity index (χ0v) is 19.1. The van der Waals surface area contributed by atoms with Crippen LogP contribution in [-0.2, 0) is 20.7 Å². The molecule has 1 saturated heterocycles. The van der Waals surface area contributed by atoms with E-state index < -0.39 is 0 Å². The second-order valence-electron chi connectivity index (χ2n) is 7.60. The molecule has 2 unspecified atom stereocenters. The third kappa shape index (κ3) is 8.36. The van der Waals surface area contributed by atoms with E-state index in [4.69, 9.17) is 9.47 Å². The molecule has 0 amide bonds.